The highest BCUT2D eigenvalue weighted by atomic mass is 19.3. The first-order valence-electron chi connectivity index (χ1n) is 9.74. The molecule has 0 saturated heterocycles. The van der Waals surface area contributed by atoms with Crippen LogP contribution in [0.1, 0.15) is 31.9 Å². The maximum Gasteiger partial charge on any atom is 0.280 e. The van der Waals surface area contributed by atoms with Crippen LogP contribution in [0.3, 0.4) is 0 Å². The number of alkyl halides is 2. The summed E-state index contributed by atoms with van der Waals surface area (Å²) in [6.07, 6.45) is -1.97. The fourth-order valence-electron chi connectivity index (χ4n) is 3.07. The highest BCUT2D eigenvalue weighted by molar-refractivity contribution is 6.21. The van der Waals surface area contributed by atoms with E-state index in [1.807, 2.05) is 18.2 Å². The van der Waals surface area contributed by atoms with Gasteiger partial charge in [-0.3, -0.25) is 10.2 Å². The second-order valence-electron chi connectivity index (χ2n) is 7.33. The number of hydrogen-bond acceptors (Lipinski definition) is 5. The van der Waals surface area contributed by atoms with Gasteiger partial charge in [0.2, 0.25) is 0 Å². The predicted octanol–water partition coefficient (Wildman–Crippen LogP) is 2.68. The Morgan fingerprint density at radius 1 is 1.43 bits per heavy atom. The van der Waals surface area contributed by atoms with Crippen molar-refractivity contribution in [2.45, 2.75) is 39.3 Å². The Balaban J connectivity index is 2.28. The molecule has 0 saturated carbocycles. The van der Waals surface area contributed by atoms with E-state index in [9.17, 15) is 13.6 Å². The van der Waals surface area contributed by atoms with Crippen molar-refractivity contribution >= 4 is 17.3 Å². The van der Waals surface area contributed by atoms with Gasteiger partial charge in [-0.15, -0.1) is 0 Å². The molecule has 1 aromatic carbocycles. The first kappa shape index (κ1) is 23.4. The number of fused-ring (bicyclic) bond motifs is 1. The molecule has 1 aromatic rings. The monoisotopic (exact) mass is 418 g/mol. The van der Waals surface area contributed by atoms with Gasteiger partial charge in [-0.05, 0) is 32.9 Å². The smallest absolute Gasteiger partial charge is 0.280 e. The van der Waals surface area contributed by atoms with Crippen LogP contribution in [0.5, 0.6) is 0 Å². The number of anilines is 1. The van der Waals surface area contributed by atoms with E-state index in [2.05, 4.69) is 34.3 Å². The summed E-state index contributed by atoms with van der Waals surface area (Å²) in [6, 6.07) is 5.86. The zero-order valence-corrected chi connectivity index (χ0v) is 17.7. The van der Waals surface area contributed by atoms with Gasteiger partial charge in [0.15, 0.2) is 0 Å². The van der Waals surface area contributed by atoms with E-state index >= 15 is 0 Å². The highest BCUT2D eigenvalue weighted by Crippen LogP contribution is 2.26. The summed E-state index contributed by atoms with van der Waals surface area (Å²) >= 11 is 0. The van der Waals surface area contributed by atoms with Crippen molar-refractivity contribution < 1.29 is 18.3 Å². The number of rotatable bonds is 6. The minimum Gasteiger partial charge on any atom is -0.393 e. The lowest BCUT2D eigenvalue weighted by molar-refractivity contribution is -0.118. The Labute approximate surface area is 176 Å². The molecule has 8 heteroatoms. The van der Waals surface area contributed by atoms with Gasteiger partial charge in [0.05, 0.1) is 24.3 Å². The molecule has 1 heterocycles. The molecular weight excluding hydrogens is 390 g/mol. The van der Waals surface area contributed by atoms with Crippen molar-refractivity contribution in [2.75, 3.05) is 31.6 Å². The summed E-state index contributed by atoms with van der Waals surface area (Å²) in [7, 11) is 1.47. The van der Waals surface area contributed by atoms with Gasteiger partial charge in [-0.25, -0.2) is 8.78 Å². The molecule has 3 N–H and O–H groups in total. The second kappa shape index (κ2) is 10.2. The van der Waals surface area contributed by atoms with E-state index < -0.39 is 29.2 Å². The predicted molar refractivity (Wildman–Crippen MR) is 114 cm³/mol. The van der Waals surface area contributed by atoms with Crippen LogP contribution in [-0.2, 0) is 16.1 Å². The van der Waals surface area contributed by atoms with E-state index in [1.54, 1.807) is 13.8 Å². The van der Waals surface area contributed by atoms with E-state index in [4.69, 9.17) is 10.1 Å². The van der Waals surface area contributed by atoms with Crippen LogP contribution < -0.4 is 15.5 Å². The van der Waals surface area contributed by atoms with Crippen molar-refractivity contribution in [2.24, 2.45) is 0 Å². The average molecular weight is 418 g/mol. The zero-order valence-electron chi connectivity index (χ0n) is 17.7. The fourth-order valence-corrected chi connectivity index (χ4v) is 3.07. The van der Waals surface area contributed by atoms with Gasteiger partial charge < -0.3 is 20.3 Å². The molecule has 0 fully saturated rings. The number of nitrogens with zero attached hydrogens (tertiary/aromatic N) is 1. The number of benzene rings is 1. The Hall–Kier alpha value is -2.92. The van der Waals surface area contributed by atoms with Crippen LogP contribution in [0.2, 0.25) is 0 Å². The van der Waals surface area contributed by atoms with Crippen molar-refractivity contribution in [3.05, 3.63) is 41.1 Å². The topological polar surface area (TPSA) is 77.5 Å². The lowest BCUT2D eigenvalue weighted by Crippen LogP contribution is -2.44. The zero-order chi connectivity index (χ0) is 22.3. The summed E-state index contributed by atoms with van der Waals surface area (Å²) in [5, 5.41) is 12.6. The molecule has 0 spiro atoms. The van der Waals surface area contributed by atoms with Gasteiger partial charge in [0.1, 0.15) is 5.71 Å². The number of nitrogens with one attached hydrogen (secondary N) is 3. The lowest BCUT2D eigenvalue weighted by atomic mass is 10.0. The van der Waals surface area contributed by atoms with Crippen LogP contribution in [-0.4, -0.2) is 50.3 Å². The molecule has 0 aromatic heterocycles. The van der Waals surface area contributed by atoms with E-state index in [-0.39, 0.29) is 0 Å². The summed E-state index contributed by atoms with van der Waals surface area (Å²) in [6.45, 7) is 8.18. The molecule has 162 valence electrons. The lowest BCUT2D eigenvalue weighted by Gasteiger charge is -2.23. The molecule has 1 aliphatic heterocycles. The Morgan fingerprint density at radius 3 is 2.80 bits per heavy atom. The normalized spacial score (nSPS) is 14.4. The third kappa shape index (κ3) is 5.80. The molecule has 0 atom stereocenters. The first-order valence-corrected chi connectivity index (χ1v) is 9.74. The molecule has 0 bridgehead atoms. The summed E-state index contributed by atoms with van der Waals surface area (Å²) in [4.78, 5) is 14.7. The molecular formula is C22H28F2N4O2. The third-order valence-electron chi connectivity index (χ3n) is 4.60. The number of ether oxygens (including phenoxy) is 1. The van der Waals surface area contributed by atoms with Crippen molar-refractivity contribution in [1.82, 2.24) is 10.6 Å². The van der Waals surface area contributed by atoms with Crippen LogP contribution in [0.25, 0.3) is 0 Å². The number of halogens is 2. The van der Waals surface area contributed by atoms with Gasteiger partial charge in [0.25, 0.3) is 12.3 Å². The number of likely N-dealkylation sites (N-methyl/N-ethyl adjacent to an activating group) is 1. The molecule has 30 heavy (non-hydrogen) atoms. The Morgan fingerprint density at radius 2 is 2.17 bits per heavy atom. The van der Waals surface area contributed by atoms with Crippen molar-refractivity contribution in [1.29, 1.82) is 5.41 Å². The van der Waals surface area contributed by atoms with Crippen molar-refractivity contribution in [3.63, 3.8) is 0 Å². The van der Waals surface area contributed by atoms with Crippen LogP contribution >= 0.6 is 0 Å². The maximum atomic E-state index is 12.9. The molecule has 1 aliphatic rings. The standard InChI is InChI=1S/C22H28F2N4O2/c1-5-28-11-12-30-14-17-15(7-6-8-18(17)28)9-10-22(2,3)27-21(29)16(13-26-4)19(25)20(23)24/h6-8,13,20,25-26H,5,11-12,14H2,1-4H3,(H,27,29)/b16-13+,25-19?. The Bertz CT molecular complexity index is 885. The van der Waals surface area contributed by atoms with Gasteiger partial charge in [0, 0.05) is 43.2 Å². The molecule has 1 amide bonds. The molecule has 0 radical (unpaired) electrons. The Kier molecular flexibility index (Phi) is 7.95. The van der Waals surface area contributed by atoms with Gasteiger partial charge in [-0.2, -0.15) is 0 Å². The first-order chi connectivity index (χ1) is 14.2. The quantitative estimate of drug-likeness (QED) is 0.377. The summed E-state index contributed by atoms with van der Waals surface area (Å²) < 4.78 is 31.5. The van der Waals surface area contributed by atoms with Crippen LogP contribution in [0, 0.1) is 17.3 Å². The largest absolute Gasteiger partial charge is 0.393 e. The fraction of sp³-hybridized carbons (Fsp3) is 0.455. The third-order valence-corrected chi connectivity index (χ3v) is 4.60. The van der Waals surface area contributed by atoms with Crippen molar-refractivity contribution in [3.8, 4) is 11.8 Å². The second-order valence-corrected chi connectivity index (χ2v) is 7.33. The number of carbonyl (C=O) groups is 1. The van der Waals surface area contributed by atoms with Crippen LogP contribution in [0.15, 0.2) is 30.0 Å². The molecule has 2 rings (SSSR count). The minimum absolute atomic E-state index is 0.428. The maximum absolute atomic E-state index is 12.9. The van der Waals surface area contributed by atoms with E-state index in [0.29, 0.717) is 13.2 Å². The van der Waals surface area contributed by atoms with Crippen LogP contribution in [0.4, 0.5) is 14.5 Å². The molecule has 0 unspecified atom stereocenters. The molecule has 0 aliphatic carbocycles. The average Bonchev–Trinajstić information content (AvgIpc) is 2.91. The highest BCUT2D eigenvalue weighted by Gasteiger charge is 2.26. The SMILES string of the molecule is CCN1CCOCc2c(C#CC(C)(C)NC(=O)/C(=C/NC)C(=N)C(F)F)cccc21. The van der Waals surface area contributed by atoms with E-state index in [1.165, 1.54) is 7.05 Å². The summed E-state index contributed by atoms with van der Waals surface area (Å²) in [5.74, 6) is 5.33. The van der Waals surface area contributed by atoms with Gasteiger partial charge >= 0.3 is 0 Å². The van der Waals surface area contributed by atoms with Gasteiger partial charge in [-0.1, -0.05) is 17.9 Å². The summed E-state index contributed by atoms with van der Waals surface area (Å²) in [5.41, 5.74) is 0.376. The minimum atomic E-state index is -3.05. The molecule has 6 nitrogen and oxygen atoms in total. The number of carbonyl (C=O) groups excluding carboxylic acids is 1. The number of amides is 1. The number of hydrogen-bond donors (Lipinski definition) is 3. The van der Waals surface area contributed by atoms with E-state index in [0.717, 1.165) is 36.1 Å².